The summed E-state index contributed by atoms with van der Waals surface area (Å²) < 4.78 is 0. The number of nitrogens with zero attached hydrogens (tertiary/aromatic N) is 1. The lowest BCUT2D eigenvalue weighted by molar-refractivity contribution is -0.133. The Morgan fingerprint density at radius 3 is 2.63 bits per heavy atom. The van der Waals surface area contributed by atoms with Crippen molar-refractivity contribution < 1.29 is 4.79 Å². The second-order valence-electron chi connectivity index (χ2n) is 6.00. The van der Waals surface area contributed by atoms with Gasteiger partial charge in [-0.1, -0.05) is 43.5 Å². The van der Waals surface area contributed by atoms with Crippen LogP contribution in [-0.4, -0.2) is 17.4 Å². The standard InChI is InChI=1S/C17H23NO/c1-13(19)18-12-11-14-7-5-6-10-16(14)17(18)15-8-3-2-4-9-15/h5-7,10,15,17H,2-4,8-9,11-12H2,1H3. The van der Waals surface area contributed by atoms with E-state index in [0.29, 0.717) is 12.0 Å². The van der Waals surface area contributed by atoms with Crippen molar-refractivity contribution in [2.24, 2.45) is 5.92 Å². The Kier molecular flexibility index (Phi) is 3.58. The minimum atomic E-state index is 0.241. The molecule has 1 unspecified atom stereocenters. The van der Waals surface area contributed by atoms with Gasteiger partial charge in [-0.25, -0.2) is 0 Å². The first kappa shape index (κ1) is 12.7. The Labute approximate surface area is 115 Å². The summed E-state index contributed by atoms with van der Waals surface area (Å²) in [5, 5.41) is 0. The van der Waals surface area contributed by atoms with Gasteiger partial charge in [0.25, 0.3) is 0 Å². The fraction of sp³-hybridized carbons (Fsp3) is 0.588. The van der Waals surface area contributed by atoms with Crippen LogP contribution in [0.25, 0.3) is 0 Å². The molecule has 1 aliphatic heterocycles. The molecule has 2 nitrogen and oxygen atoms in total. The van der Waals surface area contributed by atoms with Gasteiger partial charge in [0, 0.05) is 13.5 Å². The van der Waals surface area contributed by atoms with Crippen molar-refractivity contribution in [1.29, 1.82) is 0 Å². The molecule has 1 saturated carbocycles. The van der Waals surface area contributed by atoms with Crippen molar-refractivity contribution in [2.45, 2.75) is 51.5 Å². The van der Waals surface area contributed by atoms with Gasteiger partial charge >= 0.3 is 0 Å². The molecule has 1 amide bonds. The minimum Gasteiger partial charge on any atom is -0.335 e. The maximum absolute atomic E-state index is 12.0. The zero-order valence-electron chi connectivity index (χ0n) is 11.8. The molecule has 3 rings (SSSR count). The van der Waals surface area contributed by atoms with Gasteiger partial charge in [0.2, 0.25) is 5.91 Å². The normalized spacial score (nSPS) is 24.1. The van der Waals surface area contributed by atoms with Crippen molar-refractivity contribution in [3.8, 4) is 0 Å². The first-order valence-electron chi connectivity index (χ1n) is 7.62. The molecule has 1 aromatic carbocycles. The predicted molar refractivity (Wildman–Crippen MR) is 76.8 cm³/mol. The highest BCUT2D eigenvalue weighted by molar-refractivity contribution is 5.74. The van der Waals surface area contributed by atoms with Crippen molar-refractivity contribution in [3.63, 3.8) is 0 Å². The van der Waals surface area contributed by atoms with Crippen LogP contribution in [0.2, 0.25) is 0 Å². The molecule has 0 spiro atoms. The van der Waals surface area contributed by atoms with E-state index in [2.05, 4.69) is 29.2 Å². The van der Waals surface area contributed by atoms with Crippen LogP contribution in [-0.2, 0) is 11.2 Å². The first-order valence-corrected chi connectivity index (χ1v) is 7.62. The van der Waals surface area contributed by atoms with Crippen molar-refractivity contribution in [1.82, 2.24) is 4.90 Å². The summed E-state index contributed by atoms with van der Waals surface area (Å²) in [6, 6.07) is 9.06. The molecular formula is C17H23NO. The lowest BCUT2D eigenvalue weighted by atomic mass is 9.77. The quantitative estimate of drug-likeness (QED) is 0.751. The largest absolute Gasteiger partial charge is 0.335 e. The minimum absolute atomic E-state index is 0.241. The number of amides is 1. The van der Waals surface area contributed by atoms with Gasteiger partial charge in [0.1, 0.15) is 0 Å². The molecule has 0 bridgehead atoms. The van der Waals surface area contributed by atoms with E-state index in [9.17, 15) is 4.79 Å². The summed E-state index contributed by atoms with van der Waals surface area (Å²) in [4.78, 5) is 14.1. The first-order chi connectivity index (χ1) is 9.27. The lowest BCUT2D eigenvalue weighted by Gasteiger charge is -2.42. The number of rotatable bonds is 1. The summed E-state index contributed by atoms with van der Waals surface area (Å²) in [5.74, 6) is 0.907. The third-order valence-corrected chi connectivity index (χ3v) is 4.83. The van der Waals surface area contributed by atoms with Gasteiger partial charge < -0.3 is 4.90 Å². The molecule has 1 heterocycles. The second kappa shape index (κ2) is 5.36. The number of hydrogen-bond donors (Lipinski definition) is 0. The van der Waals surface area contributed by atoms with Gasteiger partial charge in [-0.15, -0.1) is 0 Å². The van der Waals surface area contributed by atoms with Gasteiger partial charge in [-0.05, 0) is 36.3 Å². The fourth-order valence-electron chi connectivity index (χ4n) is 3.91. The Bertz CT molecular complexity index is 462. The molecule has 19 heavy (non-hydrogen) atoms. The average molecular weight is 257 g/mol. The lowest BCUT2D eigenvalue weighted by Crippen LogP contribution is -2.42. The van der Waals surface area contributed by atoms with Crippen molar-refractivity contribution >= 4 is 5.91 Å². The van der Waals surface area contributed by atoms with E-state index in [1.807, 2.05) is 0 Å². The highest BCUT2D eigenvalue weighted by Crippen LogP contribution is 2.41. The fourth-order valence-corrected chi connectivity index (χ4v) is 3.91. The third-order valence-electron chi connectivity index (χ3n) is 4.83. The van der Waals surface area contributed by atoms with Crippen molar-refractivity contribution in [3.05, 3.63) is 35.4 Å². The van der Waals surface area contributed by atoms with Gasteiger partial charge in [-0.3, -0.25) is 4.79 Å². The van der Waals surface area contributed by atoms with Gasteiger partial charge in [0.15, 0.2) is 0 Å². The van der Waals surface area contributed by atoms with Gasteiger partial charge in [0.05, 0.1) is 6.04 Å². The molecule has 0 aromatic heterocycles. The second-order valence-corrected chi connectivity index (χ2v) is 6.00. The number of benzene rings is 1. The molecule has 1 aliphatic carbocycles. The molecule has 0 saturated heterocycles. The van der Waals surface area contributed by atoms with Crippen LogP contribution in [0, 0.1) is 5.92 Å². The molecule has 2 heteroatoms. The van der Waals surface area contributed by atoms with E-state index in [1.54, 1.807) is 6.92 Å². The topological polar surface area (TPSA) is 20.3 Å². The summed E-state index contributed by atoms with van der Waals surface area (Å²) in [6.45, 7) is 2.62. The van der Waals surface area contributed by atoms with Crippen molar-refractivity contribution in [2.75, 3.05) is 6.54 Å². The zero-order chi connectivity index (χ0) is 13.2. The Balaban J connectivity index is 1.96. The molecule has 0 radical (unpaired) electrons. The molecule has 1 atom stereocenters. The van der Waals surface area contributed by atoms with Crippen LogP contribution >= 0.6 is 0 Å². The van der Waals surface area contributed by atoms with E-state index in [4.69, 9.17) is 0 Å². The Morgan fingerprint density at radius 1 is 1.16 bits per heavy atom. The molecule has 1 fully saturated rings. The van der Waals surface area contributed by atoms with Crippen LogP contribution in [0.15, 0.2) is 24.3 Å². The van der Waals surface area contributed by atoms with Crippen LogP contribution in [0.3, 0.4) is 0 Å². The summed E-state index contributed by atoms with van der Waals surface area (Å²) in [5.41, 5.74) is 2.87. The molecular weight excluding hydrogens is 234 g/mol. The zero-order valence-corrected chi connectivity index (χ0v) is 11.8. The molecule has 2 aliphatic rings. The van der Waals surface area contributed by atoms with E-state index in [-0.39, 0.29) is 5.91 Å². The summed E-state index contributed by atoms with van der Waals surface area (Å²) in [7, 11) is 0. The van der Waals surface area contributed by atoms with E-state index >= 15 is 0 Å². The highest BCUT2D eigenvalue weighted by atomic mass is 16.2. The van der Waals surface area contributed by atoms with Gasteiger partial charge in [-0.2, -0.15) is 0 Å². The number of fused-ring (bicyclic) bond motifs is 1. The monoisotopic (exact) mass is 257 g/mol. The average Bonchev–Trinajstić information content (AvgIpc) is 2.46. The molecule has 102 valence electrons. The summed E-state index contributed by atoms with van der Waals surface area (Å²) >= 11 is 0. The Hall–Kier alpha value is -1.31. The number of carbonyl (C=O) groups excluding carboxylic acids is 1. The third kappa shape index (κ3) is 2.41. The van der Waals surface area contributed by atoms with Crippen LogP contribution < -0.4 is 0 Å². The van der Waals surface area contributed by atoms with Crippen LogP contribution in [0.5, 0.6) is 0 Å². The van der Waals surface area contributed by atoms with E-state index < -0.39 is 0 Å². The van der Waals surface area contributed by atoms with E-state index in [1.165, 1.54) is 43.2 Å². The number of carbonyl (C=O) groups is 1. The molecule has 0 N–H and O–H groups in total. The number of hydrogen-bond acceptors (Lipinski definition) is 1. The molecule has 1 aromatic rings. The predicted octanol–water partition coefficient (Wildman–Crippen LogP) is 3.71. The SMILES string of the molecule is CC(=O)N1CCc2ccccc2C1C1CCCCC1. The maximum Gasteiger partial charge on any atom is 0.219 e. The maximum atomic E-state index is 12.0. The van der Waals surface area contributed by atoms with Crippen LogP contribution in [0.4, 0.5) is 0 Å². The summed E-state index contributed by atoms with van der Waals surface area (Å²) in [6.07, 6.45) is 7.60. The Morgan fingerprint density at radius 2 is 1.89 bits per heavy atom. The van der Waals surface area contributed by atoms with Crippen LogP contribution in [0.1, 0.15) is 56.2 Å². The van der Waals surface area contributed by atoms with E-state index in [0.717, 1.165) is 13.0 Å². The highest BCUT2D eigenvalue weighted by Gasteiger charge is 2.35. The smallest absolute Gasteiger partial charge is 0.219 e.